The zero-order valence-electron chi connectivity index (χ0n) is 12.1. The first kappa shape index (κ1) is 16.2. The van der Waals surface area contributed by atoms with E-state index < -0.39 is 29.7 Å². The molecule has 1 heterocycles. The molecule has 0 aliphatic carbocycles. The number of aliphatic hydroxyl groups is 2. The van der Waals surface area contributed by atoms with E-state index in [1.54, 1.807) is 13.8 Å². The molecule has 0 bridgehead atoms. The third-order valence-electron chi connectivity index (χ3n) is 3.64. The van der Waals surface area contributed by atoms with Crippen molar-refractivity contribution in [2.75, 3.05) is 13.2 Å². The molecule has 2 unspecified atom stereocenters. The van der Waals surface area contributed by atoms with Crippen molar-refractivity contribution in [1.82, 2.24) is 0 Å². The summed E-state index contributed by atoms with van der Waals surface area (Å²) in [6, 6.07) is 3.54. The zero-order chi connectivity index (χ0) is 15.6. The molecule has 1 fully saturated rings. The lowest BCUT2D eigenvalue weighted by Crippen LogP contribution is -2.32. The molecule has 5 nitrogen and oxygen atoms in total. The second-order valence-corrected chi connectivity index (χ2v) is 5.75. The highest BCUT2D eigenvalue weighted by atomic mass is 19.1. The summed E-state index contributed by atoms with van der Waals surface area (Å²) < 4.78 is 24.2. The molecule has 1 aromatic carbocycles. The molecule has 0 spiro atoms. The number of phenols is 1. The van der Waals surface area contributed by atoms with Crippen LogP contribution in [0.4, 0.5) is 4.39 Å². The highest BCUT2D eigenvalue weighted by Crippen LogP contribution is 2.32. The van der Waals surface area contributed by atoms with Crippen molar-refractivity contribution in [1.29, 1.82) is 0 Å². The quantitative estimate of drug-likeness (QED) is 0.768. The maximum Gasteiger partial charge on any atom is 0.163 e. The van der Waals surface area contributed by atoms with Crippen LogP contribution < -0.4 is 0 Å². The average molecular weight is 300 g/mol. The van der Waals surface area contributed by atoms with Gasteiger partial charge in [-0.3, -0.25) is 0 Å². The summed E-state index contributed by atoms with van der Waals surface area (Å²) in [5.74, 6) is -1.94. The molecule has 0 radical (unpaired) electrons. The Morgan fingerprint density at radius 3 is 2.71 bits per heavy atom. The number of hydrogen-bond acceptors (Lipinski definition) is 5. The maximum atomic E-state index is 13.3. The molecule has 1 aliphatic heterocycles. The van der Waals surface area contributed by atoms with Gasteiger partial charge in [0, 0.05) is 11.5 Å². The minimum atomic E-state index is -0.883. The Hall–Kier alpha value is -1.21. The molecule has 1 saturated heterocycles. The van der Waals surface area contributed by atoms with Crippen molar-refractivity contribution < 1.29 is 29.2 Å². The van der Waals surface area contributed by atoms with Gasteiger partial charge >= 0.3 is 0 Å². The van der Waals surface area contributed by atoms with E-state index in [2.05, 4.69) is 0 Å². The Bertz CT molecular complexity index is 491. The number of aromatic hydroxyl groups is 1. The molecular formula is C15H21FO5. The first-order chi connectivity index (χ1) is 9.82. The predicted molar refractivity (Wildman–Crippen MR) is 73.4 cm³/mol. The van der Waals surface area contributed by atoms with Crippen LogP contribution in [0.2, 0.25) is 0 Å². The van der Waals surface area contributed by atoms with Crippen LogP contribution in [0.15, 0.2) is 18.2 Å². The summed E-state index contributed by atoms with van der Waals surface area (Å²) in [5, 5.41) is 29.5. The van der Waals surface area contributed by atoms with Crippen LogP contribution in [0, 0.1) is 5.82 Å². The van der Waals surface area contributed by atoms with Crippen LogP contribution in [0.1, 0.15) is 31.7 Å². The highest BCUT2D eigenvalue weighted by Gasteiger charge is 2.37. The molecule has 0 aromatic heterocycles. The molecule has 0 saturated carbocycles. The van der Waals surface area contributed by atoms with E-state index in [1.807, 2.05) is 0 Å². The molecule has 118 valence electrons. The van der Waals surface area contributed by atoms with E-state index >= 15 is 0 Å². The number of benzene rings is 1. The topological polar surface area (TPSA) is 79.2 Å². The van der Waals surface area contributed by atoms with Crippen LogP contribution >= 0.6 is 0 Å². The van der Waals surface area contributed by atoms with Crippen LogP contribution in [-0.2, 0) is 9.47 Å². The average Bonchev–Trinajstić information content (AvgIpc) is 2.79. The van der Waals surface area contributed by atoms with Gasteiger partial charge in [0.25, 0.3) is 0 Å². The fourth-order valence-corrected chi connectivity index (χ4v) is 2.50. The molecular weight excluding hydrogens is 279 g/mol. The number of phenolic OH excluding ortho intramolecular Hbond substituents is 1. The number of halogens is 1. The standard InChI is InChI=1S/C15H21FO5/c1-15(2)20-8-14(21-15)13(19)5-9(7-17)11-6-10(16)3-4-12(11)18/h3-4,6,9,13-14,17-19H,5,7-8H2,1-2H3/t9?,13?,14-/m0/s1. The first-order valence-electron chi connectivity index (χ1n) is 6.91. The van der Waals surface area contributed by atoms with Gasteiger partial charge in [-0.15, -0.1) is 0 Å². The van der Waals surface area contributed by atoms with Crippen molar-refractivity contribution in [3.8, 4) is 5.75 Å². The van der Waals surface area contributed by atoms with Gasteiger partial charge in [-0.25, -0.2) is 4.39 Å². The van der Waals surface area contributed by atoms with Crippen molar-refractivity contribution in [3.05, 3.63) is 29.6 Å². The van der Waals surface area contributed by atoms with Gasteiger partial charge in [0.15, 0.2) is 5.79 Å². The van der Waals surface area contributed by atoms with Gasteiger partial charge in [-0.1, -0.05) is 0 Å². The molecule has 0 amide bonds. The van der Waals surface area contributed by atoms with Gasteiger partial charge < -0.3 is 24.8 Å². The Balaban J connectivity index is 2.07. The Kier molecular flexibility index (Phi) is 4.83. The molecule has 1 aromatic rings. The fraction of sp³-hybridized carbons (Fsp3) is 0.600. The largest absolute Gasteiger partial charge is 0.508 e. The monoisotopic (exact) mass is 300 g/mol. The third-order valence-corrected chi connectivity index (χ3v) is 3.64. The van der Waals surface area contributed by atoms with Crippen LogP contribution in [0.3, 0.4) is 0 Å². The van der Waals surface area contributed by atoms with Crippen LogP contribution in [-0.4, -0.2) is 46.5 Å². The Morgan fingerprint density at radius 1 is 1.43 bits per heavy atom. The number of hydrogen-bond donors (Lipinski definition) is 3. The van der Waals surface area contributed by atoms with Crippen molar-refractivity contribution in [2.24, 2.45) is 0 Å². The maximum absolute atomic E-state index is 13.3. The van der Waals surface area contributed by atoms with Gasteiger partial charge in [0.1, 0.15) is 17.7 Å². The number of rotatable bonds is 5. The van der Waals surface area contributed by atoms with E-state index in [9.17, 15) is 19.7 Å². The van der Waals surface area contributed by atoms with Crippen molar-refractivity contribution in [2.45, 2.75) is 44.2 Å². The van der Waals surface area contributed by atoms with E-state index in [4.69, 9.17) is 9.47 Å². The normalized spacial score (nSPS) is 24.0. The second kappa shape index (κ2) is 6.27. The Labute approximate surface area is 122 Å². The van der Waals surface area contributed by atoms with Gasteiger partial charge in [-0.2, -0.15) is 0 Å². The van der Waals surface area contributed by atoms with E-state index in [-0.39, 0.29) is 30.9 Å². The number of aliphatic hydroxyl groups excluding tert-OH is 2. The lowest BCUT2D eigenvalue weighted by atomic mass is 9.91. The minimum Gasteiger partial charge on any atom is -0.508 e. The van der Waals surface area contributed by atoms with E-state index in [0.717, 1.165) is 6.07 Å². The minimum absolute atomic E-state index is 0.105. The van der Waals surface area contributed by atoms with E-state index in [0.29, 0.717) is 0 Å². The number of ether oxygens (including phenoxy) is 2. The summed E-state index contributed by atoms with van der Waals surface area (Å²) in [6.45, 7) is 3.44. The Morgan fingerprint density at radius 2 is 2.14 bits per heavy atom. The molecule has 21 heavy (non-hydrogen) atoms. The van der Waals surface area contributed by atoms with Crippen molar-refractivity contribution >= 4 is 0 Å². The van der Waals surface area contributed by atoms with Crippen LogP contribution in [0.25, 0.3) is 0 Å². The fourth-order valence-electron chi connectivity index (χ4n) is 2.50. The first-order valence-corrected chi connectivity index (χ1v) is 6.91. The second-order valence-electron chi connectivity index (χ2n) is 5.75. The van der Waals surface area contributed by atoms with Gasteiger partial charge in [0.2, 0.25) is 0 Å². The van der Waals surface area contributed by atoms with E-state index in [1.165, 1.54) is 12.1 Å². The van der Waals surface area contributed by atoms with Crippen LogP contribution in [0.5, 0.6) is 5.75 Å². The van der Waals surface area contributed by atoms with Gasteiger partial charge in [0.05, 0.1) is 19.3 Å². The highest BCUT2D eigenvalue weighted by molar-refractivity contribution is 5.35. The molecule has 2 rings (SSSR count). The molecule has 3 atom stereocenters. The zero-order valence-corrected chi connectivity index (χ0v) is 12.1. The smallest absolute Gasteiger partial charge is 0.163 e. The summed E-state index contributed by atoms with van der Waals surface area (Å²) >= 11 is 0. The third kappa shape index (κ3) is 3.91. The summed E-state index contributed by atoms with van der Waals surface area (Å²) in [5.41, 5.74) is 0.273. The lowest BCUT2D eigenvalue weighted by Gasteiger charge is -2.24. The summed E-state index contributed by atoms with van der Waals surface area (Å²) in [6.07, 6.45) is -1.26. The molecule has 1 aliphatic rings. The lowest BCUT2D eigenvalue weighted by molar-refractivity contribution is -0.151. The van der Waals surface area contributed by atoms with Crippen molar-refractivity contribution in [3.63, 3.8) is 0 Å². The van der Waals surface area contributed by atoms with Gasteiger partial charge in [-0.05, 0) is 38.5 Å². The predicted octanol–water partition coefficient (Wildman–Crippen LogP) is 1.51. The summed E-state index contributed by atoms with van der Waals surface area (Å²) in [7, 11) is 0. The summed E-state index contributed by atoms with van der Waals surface area (Å²) in [4.78, 5) is 0. The molecule has 3 N–H and O–H groups in total. The SMILES string of the molecule is CC1(C)OC[C@@H](C(O)CC(CO)c2cc(F)ccc2O)O1. The molecule has 6 heteroatoms.